The zero-order chi connectivity index (χ0) is 20.7. The molecule has 148 valence electrons. The fourth-order valence-corrected chi connectivity index (χ4v) is 3.72. The van der Waals surface area contributed by atoms with Crippen LogP contribution in [0.5, 0.6) is 11.5 Å². The van der Waals surface area contributed by atoms with Gasteiger partial charge in [0.1, 0.15) is 0 Å². The molecule has 2 heterocycles. The average molecular weight is 416 g/mol. The van der Waals surface area contributed by atoms with Crippen molar-refractivity contribution in [1.29, 1.82) is 0 Å². The number of nitrogens with zero attached hydrogens (tertiary/aromatic N) is 1. The third-order valence-corrected chi connectivity index (χ3v) is 5.31. The maximum absolute atomic E-state index is 11.6. The van der Waals surface area contributed by atoms with Crippen LogP contribution in [0.25, 0.3) is 22.0 Å². The number of carboxylic acids is 1. The van der Waals surface area contributed by atoms with Crippen LogP contribution in [0.15, 0.2) is 71.8 Å². The lowest BCUT2D eigenvalue weighted by Crippen LogP contribution is -2.03. The molecule has 0 atom stereocenters. The minimum Gasteiger partial charge on any atom is -0.478 e. The predicted molar refractivity (Wildman–Crippen MR) is 117 cm³/mol. The minimum atomic E-state index is -1.00. The van der Waals surface area contributed by atoms with Crippen molar-refractivity contribution >= 4 is 40.9 Å². The van der Waals surface area contributed by atoms with Gasteiger partial charge in [-0.1, -0.05) is 24.3 Å². The second-order valence-electron chi connectivity index (χ2n) is 6.79. The van der Waals surface area contributed by atoms with Crippen LogP contribution < -0.4 is 14.8 Å². The Labute approximate surface area is 177 Å². The third-order valence-electron chi connectivity index (χ3n) is 4.97. The summed E-state index contributed by atoms with van der Waals surface area (Å²) in [5, 5.41) is 13.6. The van der Waals surface area contributed by atoms with Gasteiger partial charge in [0.15, 0.2) is 11.5 Å². The Kier molecular flexibility index (Phi) is 4.44. The Morgan fingerprint density at radius 2 is 1.77 bits per heavy atom. The lowest BCUT2D eigenvalue weighted by atomic mass is 10.0. The average Bonchev–Trinajstić information content (AvgIpc) is 3.23. The number of nitrogens with one attached hydrogen (secondary N) is 1. The molecule has 0 unspecified atom stereocenters. The molecule has 3 aromatic carbocycles. The molecule has 30 heavy (non-hydrogen) atoms. The zero-order valence-electron chi connectivity index (χ0n) is 15.6. The van der Waals surface area contributed by atoms with Gasteiger partial charge in [0.2, 0.25) is 6.79 Å². The molecule has 1 aliphatic rings. The van der Waals surface area contributed by atoms with E-state index in [4.69, 9.17) is 9.47 Å². The molecule has 1 aliphatic heterocycles. The molecular formula is C23H16N2O4S. The summed E-state index contributed by atoms with van der Waals surface area (Å²) in [7, 11) is 0. The summed E-state index contributed by atoms with van der Waals surface area (Å²) in [5.41, 5.74) is 4.08. The first-order chi connectivity index (χ1) is 14.6. The van der Waals surface area contributed by atoms with Crippen molar-refractivity contribution in [3.8, 4) is 22.6 Å². The summed E-state index contributed by atoms with van der Waals surface area (Å²) in [5.74, 6) is 0.437. The van der Waals surface area contributed by atoms with Crippen LogP contribution in [0.4, 0.5) is 11.4 Å². The van der Waals surface area contributed by atoms with E-state index in [1.165, 1.54) is 0 Å². The number of aromatic carboxylic acids is 1. The van der Waals surface area contributed by atoms with Gasteiger partial charge in [-0.25, -0.2) is 4.79 Å². The number of pyridine rings is 1. The summed E-state index contributed by atoms with van der Waals surface area (Å²) in [6.07, 6.45) is 1.65. The number of carboxylic acid groups (broad SMARTS) is 1. The molecule has 6 nitrogen and oxygen atoms in total. The lowest BCUT2D eigenvalue weighted by molar-refractivity contribution is 0.0698. The Morgan fingerprint density at radius 3 is 2.63 bits per heavy atom. The highest BCUT2D eigenvalue weighted by Crippen LogP contribution is 2.38. The number of thiol groups is 1. The molecule has 0 fully saturated rings. The second kappa shape index (κ2) is 7.27. The highest BCUT2D eigenvalue weighted by Gasteiger charge is 2.16. The SMILES string of the molecule is O=C(O)c1ccccc1Nc1c(S)cnc2ccc(-c3ccc4c(c3)OCO4)cc12. The molecule has 0 radical (unpaired) electrons. The Bertz CT molecular complexity index is 1310. The van der Waals surface area contributed by atoms with E-state index in [9.17, 15) is 9.90 Å². The maximum atomic E-state index is 11.6. The summed E-state index contributed by atoms with van der Waals surface area (Å²) in [6.45, 7) is 0.223. The van der Waals surface area contributed by atoms with Crippen LogP contribution >= 0.6 is 12.6 Å². The van der Waals surface area contributed by atoms with Crippen LogP contribution in [-0.4, -0.2) is 22.9 Å². The monoisotopic (exact) mass is 416 g/mol. The highest BCUT2D eigenvalue weighted by atomic mass is 32.1. The van der Waals surface area contributed by atoms with Crippen LogP contribution in [0.2, 0.25) is 0 Å². The van der Waals surface area contributed by atoms with Crippen molar-refractivity contribution in [2.24, 2.45) is 0 Å². The van der Waals surface area contributed by atoms with Gasteiger partial charge in [-0.3, -0.25) is 4.98 Å². The predicted octanol–water partition coefficient (Wildman–Crippen LogP) is 5.36. The summed E-state index contributed by atoms with van der Waals surface area (Å²) >= 11 is 4.56. The molecule has 5 rings (SSSR count). The molecular weight excluding hydrogens is 400 g/mol. The summed E-state index contributed by atoms with van der Waals surface area (Å²) in [4.78, 5) is 16.7. The fraction of sp³-hybridized carbons (Fsp3) is 0.0435. The number of hydrogen-bond acceptors (Lipinski definition) is 6. The fourth-order valence-electron chi connectivity index (χ4n) is 3.48. The van der Waals surface area contributed by atoms with Gasteiger partial charge in [0.25, 0.3) is 0 Å². The van der Waals surface area contributed by atoms with Gasteiger partial charge in [-0.2, -0.15) is 0 Å². The smallest absolute Gasteiger partial charge is 0.337 e. The molecule has 0 saturated heterocycles. The van der Waals surface area contributed by atoms with Crippen molar-refractivity contribution < 1.29 is 19.4 Å². The van der Waals surface area contributed by atoms with Crippen LogP contribution in [0.1, 0.15) is 10.4 Å². The van der Waals surface area contributed by atoms with Crippen molar-refractivity contribution in [3.05, 3.63) is 72.4 Å². The number of para-hydroxylation sites is 1. The van der Waals surface area contributed by atoms with E-state index in [1.807, 2.05) is 36.4 Å². The molecule has 0 saturated carbocycles. The topological polar surface area (TPSA) is 80.7 Å². The number of ether oxygens (including phenoxy) is 2. The number of rotatable bonds is 4. The van der Waals surface area contributed by atoms with E-state index in [1.54, 1.807) is 30.5 Å². The van der Waals surface area contributed by atoms with Gasteiger partial charge < -0.3 is 19.9 Å². The van der Waals surface area contributed by atoms with Crippen LogP contribution in [0, 0.1) is 0 Å². The number of benzene rings is 3. The largest absolute Gasteiger partial charge is 0.478 e. The standard InChI is InChI=1S/C23H16N2O4S/c26-23(27)15-3-1-2-4-18(15)25-22-16-9-13(5-7-17(16)24-11-21(22)30)14-6-8-19-20(10-14)29-12-28-19/h1-11,30H,12H2,(H,24,25)(H,26,27). The number of hydrogen-bond donors (Lipinski definition) is 3. The van der Waals surface area contributed by atoms with E-state index in [0.717, 1.165) is 27.8 Å². The number of fused-ring (bicyclic) bond motifs is 2. The minimum absolute atomic E-state index is 0.183. The van der Waals surface area contributed by atoms with Crippen molar-refractivity contribution in [3.63, 3.8) is 0 Å². The molecule has 0 amide bonds. The number of anilines is 2. The Hall–Kier alpha value is -3.71. The van der Waals surface area contributed by atoms with Gasteiger partial charge in [0, 0.05) is 16.5 Å². The summed E-state index contributed by atoms with van der Waals surface area (Å²) in [6, 6.07) is 18.5. The molecule has 7 heteroatoms. The number of aromatic nitrogens is 1. The zero-order valence-corrected chi connectivity index (χ0v) is 16.5. The van der Waals surface area contributed by atoms with Gasteiger partial charge in [-0.05, 0) is 47.5 Å². The van der Waals surface area contributed by atoms with E-state index in [2.05, 4.69) is 22.9 Å². The van der Waals surface area contributed by atoms with Gasteiger partial charge >= 0.3 is 5.97 Å². The van der Waals surface area contributed by atoms with Gasteiger partial charge in [0.05, 0.1) is 22.5 Å². The van der Waals surface area contributed by atoms with E-state index < -0.39 is 5.97 Å². The van der Waals surface area contributed by atoms with Crippen LogP contribution in [-0.2, 0) is 0 Å². The van der Waals surface area contributed by atoms with Crippen molar-refractivity contribution in [1.82, 2.24) is 4.98 Å². The first-order valence-electron chi connectivity index (χ1n) is 9.21. The first-order valence-corrected chi connectivity index (χ1v) is 9.66. The molecule has 0 spiro atoms. The second-order valence-corrected chi connectivity index (χ2v) is 7.28. The third kappa shape index (κ3) is 3.19. The normalized spacial score (nSPS) is 12.2. The molecule has 2 N–H and O–H groups in total. The van der Waals surface area contributed by atoms with Gasteiger partial charge in [-0.15, -0.1) is 12.6 Å². The van der Waals surface area contributed by atoms with E-state index in [-0.39, 0.29) is 12.4 Å². The molecule has 4 aromatic rings. The van der Waals surface area contributed by atoms with Crippen molar-refractivity contribution in [2.45, 2.75) is 4.90 Å². The summed E-state index contributed by atoms with van der Waals surface area (Å²) < 4.78 is 10.9. The quantitative estimate of drug-likeness (QED) is 0.389. The molecule has 0 aliphatic carbocycles. The Morgan fingerprint density at radius 1 is 1.00 bits per heavy atom. The van der Waals surface area contributed by atoms with Crippen molar-refractivity contribution in [2.75, 3.05) is 12.1 Å². The number of carbonyl (C=O) groups is 1. The molecule has 0 bridgehead atoms. The maximum Gasteiger partial charge on any atom is 0.337 e. The van der Waals surface area contributed by atoms with E-state index >= 15 is 0 Å². The Balaban J connectivity index is 1.63. The highest BCUT2D eigenvalue weighted by molar-refractivity contribution is 7.80. The van der Waals surface area contributed by atoms with Crippen LogP contribution in [0.3, 0.4) is 0 Å². The van der Waals surface area contributed by atoms with E-state index in [0.29, 0.717) is 22.0 Å². The molecule has 1 aromatic heterocycles. The first kappa shape index (κ1) is 18.3. The lowest BCUT2D eigenvalue weighted by Gasteiger charge is -2.15.